The quantitative estimate of drug-likeness (QED) is 0.394. The Kier molecular flexibility index (Phi) is 7.60. The highest BCUT2D eigenvalue weighted by Gasteiger charge is 2.42. The number of para-hydroxylation sites is 1. The smallest absolute Gasteiger partial charge is 0.338 e. The van der Waals surface area contributed by atoms with Crippen molar-refractivity contribution in [1.82, 2.24) is 5.32 Å². The Balaban J connectivity index is 1.39. The predicted octanol–water partition coefficient (Wildman–Crippen LogP) is 4.17. The van der Waals surface area contributed by atoms with Crippen LogP contribution >= 0.6 is 0 Å². The number of fused-ring (bicyclic) bond motifs is 2. The van der Waals surface area contributed by atoms with Crippen LogP contribution in [-0.2, 0) is 19.6 Å². The summed E-state index contributed by atoms with van der Waals surface area (Å²) in [6, 6.07) is 14.4. The van der Waals surface area contributed by atoms with Crippen molar-refractivity contribution < 1.29 is 22.7 Å². The van der Waals surface area contributed by atoms with Gasteiger partial charge in [0, 0.05) is 6.04 Å². The summed E-state index contributed by atoms with van der Waals surface area (Å²) in [5.41, 5.74) is 0.549. The third-order valence-electron chi connectivity index (χ3n) is 7.15. The Labute approximate surface area is 207 Å². The number of amides is 1. The van der Waals surface area contributed by atoms with E-state index in [0.717, 1.165) is 12.3 Å². The number of benzene rings is 2. The molecule has 8 heteroatoms. The number of hydrogen-bond acceptors (Lipinski definition) is 5. The Morgan fingerprint density at radius 2 is 1.91 bits per heavy atom. The van der Waals surface area contributed by atoms with Crippen molar-refractivity contribution in [2.24, 2.45) is 17.8 Å². The third-order valence-corrected chi connectivity index (χ3v) is 8.94. The molecule has 0 spiro atoms. The molecule has 0 unspecified atom stereocenters. The van der Waals surface area contributed by atoms with E-state index < -0.39 is 22.6 Å². The second-order valence-corrected chi connectivity index (χ2v) is 11.3. The number of nitrogens with one attached hydrogen (secondary N) is 1. The molecule has 2 aliphatic rings. The molecule has 1 N–H and O–H groups in total. The molecule has 2 aromatic rings. The van der Waals surface area contributed by atoms with Gasteiger partial charge in [-0.1, -0.05) is 36.8 Å². The third kappa shape index (κ3) is 5.59. The number of ether oxygens (including phenoxy) is 1. The predicted molar refractivity (Wildman–Crippen MR) is 134 cm³/mol. The molecule has 35 heavy (non-hydrogen) atoms. The molecule has 7 nitrogen and oxygen atoms in total. The summed E-state index contributed by atoms with van der Waals surface area (Å²) in [6.45, 7) is 5.34. The maximum Gasteiger partial charge on any atom is 0.338 e. The molecule has 0 saturated heterocycles. The topological polar surface area (TPSA) is 92.8 Å². The van der Waals surface area contributed by atoms with E-state index in [2.05, 4.69) is 11.9 Å². The minimum Gasteiger partial charge on any atom is -0.452 e. The van der Waals surface area contributed by atoms with Gasteiger partial charge in [-0.05, 0) is 74.3 Å². The first-order chi connectivity index (χ1) is 16.8. The zero-order valence-electron chi connectivity index (χ0n) is 19.9. The average Bonchev–Trinajstić information content (AvgIpc) is 3.50. The van der Waals surface area contributed by atoms with Gasteiger partial charge in [0.05, 0.1) is 22.7 Å². The van der Waals surface area contributed by atoms with E-state index in [9.17, 15) is 18.0 Å². The van der Waals surface area contributed by atoms with E-state index in [4.69, 9.17) is 4.74 Å². The number of carbonyl (C=O) groups is 2. The van der Waals surface area contributed by atoms with E-state index >= 15 is 0 Å². The first-order valence-corrected chi connectivity index (χ1v) is 13.5. The minimum atomic E-state index is -3.96. The van der Waals surface area contributed by atoms with Crippen molar-refractivity contribution in [3.05, 3.63) is 72.8 Å². The van der Waals surface area contributed by atoms with Gasteiger partial charge < -0.3 is 10.1 Å². The van der Waals surface area contributed by atoms with Gasteiger partial charge in [-0.25, -0.2) is 13.2 Å². The number of sulfonamides is 1. The van der Waals surface area contributed by atoms with Gasteiger partial charge in [-0.3, -0.25) is 9.10 Å². The van der Waals surface area contributed by atoms with E-state index in [0.29, 0.717) is 17.5 Å². The fourth-order valence-corrected chi connectivity index (χ4v) is 6.97. The van der Waals surface area contributed by atoms with E-state index in [1.165, 1.54) is 53.9 Å². The Morgan fingerprint density at radius 1 is 1.14 bits per heavy atom. The number of anilines is 1. The van der Waals surface area contributed by atoms with Crippen LogP contribution in [0.3, 0.4) is 0 Å². The molecule has 2 aromatic carbocycles. The molecule has 2 fully saturated rings. The molecule has 0 heterocycles. The Morgan fingerprint density at radius 3 is 2.57 bits per heavy atom. The van der Waals surface area contributed by atoms with Gasteiger partial charge in [0.1, 0.15) is 0 Å². The van der Waals surface area contributed by atoms with Crippen molar-refractivity contribution in [3.8, 4) is 0 Å². The fourth-order valence-electron chi connectivity index (χ4n) is 5.49. The summed E-state index contributed by atoms with van der Waals surface area (Å²) in [7, 11) is -3.96. The Bertz CT molecular complexity index is 1180. The van der Waals surface area contributed by atoms with Crippen molar-refractivity contribution in [3.63, 3.8) is 0 Å². The second kappa shape index (κ2) is 10.6. The number of carbonyl (C=O) groups excluding carboxylic acids is 2. The molecule has 4 atom stereocenters. The monoisotopic (exact) mass is 496 g/mol. The lowest BCUT2D eigenvalue weighted by Gasteiger charge is -2.28. The highest BCUT2D eigenvalue weighted by molar-refractivity contribution is 7.92. The molecule has 4 rings (SSSR count). The number of hydrogen-bond donors (Lipinski definition) is 1. The standard InChI is InChI=1S/C27H32N2O5S/c1-3-14-29(23-9-5-4-6-10-23)35(32,33)24-11-7-8-22(17-24)27(31)34-18-26(30)28-19(2)25-16-20-12-13-21(25)15-20/h3-11,17,19-21,25H,1,12-16,18H2,2H3,(H,28,30)/t19-,20-,21-,25-/m0/s1. The van der Waals surface area contributed by atoms with Crippen LogP contribution in [0.15, 0.2) is 72.1 Å². The van der Waals surface area contributed by atoms with Crippen molar-refractivity contribution in [2.45, 2.75) is 43.5 Å². The molecular formula is C27H32N2O5S. The van der Waals surface area contributed by atoms with Gasteiger partial charge in [0.25, 0.3) is 15.9 Å². The highest BCUT2D eigenvalue weighted by atomic mass is 32.2. The molecule has 186 valence electrons. The Hall–Kier alpha value is -3.13. The lowest BCUT2D eigenvalue weighted by atomic mass is 9.84. The normalized spacial score (nSPS) is 21.8. The summed E-state index contributed by atoms with van der Waals surface area (Å²) < 4.78 is 33.1. The van der Waals surface area contributed by atoms with E-state index in [1.54, 1.807) is 30.3 Å². The first kappa shape index (κ1) is 25.0. The summed E-state index contributed by atoms with van der Waals surface area (Å²) in [5.74, 6) is 0.853. The van der Waals surface area contributed by atoms with E-state index in [-0.39, 0.29) is 29.0 Å². The van der Waals surface area contributed by atoms with Crippen LogP contribution in [0.1, 0.15) is 43.0 Å². The molecule has 2 saturated carbocycles. The van der Waals surface area contributed by atoms with Crippen molar-refractivity contribution >= 4 is 27.6 Å². The van der Waals surface area contributed by atoms with Crippen LogP contribution in [0, 0.1) is 17.8 Å². The molecule has 0 aliphatic heterocycles. The zero-order valence-corrected chi connectivity index (χ0v) is 20.7. The zero-order chi connectivity index (χ0) is 25.0. The van der Waals surface area contributed by atoms with Gasteiger partial charge in [0.15, 0.2) is 6.61 Å². The molecule has 0 aromatic heterocycles. The molecule has 0 radical (unpaired) electrons. The lowest BCUT2D eigenvalue weighted by molar-refractivity contribution is -0.125. The number of nitrogens with zero attached hydrogens (tertiary/aromatic N) is 1. The molecule has 2 bridgehead atoms. The molecular weight excluding hydrogens is 464 g/mol. The largest absolute Gasteiger partial charge is 0.452 e. The van der Waals surface area contributed by atoms with E-state index in [1.807, 2.05) is 6.92 Å². The van der Waals surface area contributed by atoms with Crippen molar-refractivity contribution in [2.75, 3.05) is 17.5 Å². The first-order valence-electron chi connectivity index (χ1n) is 12.0. The summed E-state index contributed by atoms with van der Waals surface area (Å²) in [6.07, 6.45) is 6.44. The van der Waals surface area contributed by atoms with Crippen LogP contribution in [0.4, 0.5) is 5.69 Å². The molecule has 2 aliphatic carbocycles. The van der Waals surface area contributed by atoms with Gasteiger partial charge in [-0.2, -0.15) is 0 Å². The fraction of sp³-hybridized carbons (Fsp3) is 0.407. The van der Waals surface area contributed by atoms with Crippen LogP contribution in [0.5, 0.6) is 0 Å². The van der Waals surface area contributed by atoms with Crippen LogP contribution < -0.4 is 9.62 Å². The van der Waals surface area contributed by atoms with Crippen molar-refractivity contribution in [1.29, 1.82) is 0 Å². The van der Waals surface area contributed by atoms with Gasteiger partial charge >= 0.3 is 5.97 Å². The lowest BCUT2D eigenvalue weighted by Crippen LogP contribution is -2.42. The van der Waals surface area contributed by atoms with Crippen LogP contribution in [0.25, 0.3) is 0 Å². The summed E-state index contributed by atoms with van der Waals surface area (Å²) >= 11 is 0. The van der Waals surface area contributed by atoms with Gasteiger partial charge in [-0.15, -0.1) is 6.58 Å². The highest BCUT2D eigenvalue weighted by Crippen LogP contribution is 2.49. The van der Waals surface area contributed by atoms with Gasteiger partial charge in [0.2, 0.25) is 0 Å². The molecule has 1 amide bonds. The SMILES string of the molecule is C=CCN(c1ccccc1)S(=O)(=O)c1cccc(C(=O)OCC(=O)N[C@@H](C)[C@@H]2C[C@H]3CC[C@H]2C3)c1. The average molecular weight is 497 g/mol. The minimum absolute atomic E-state index is 0.0406. The maximum absolute atomic E-state index is 13.3. The maximum atomic E-state index is 13.3. The summed E-state index contributed by atoms with van der Waals surface area (Å²) in [4.78, 5) is 25.0. The van der Waals surface area contributed by atoms with Crippen LogP contribution in [0.2, 0.25) is 0 Å². The number of esters is 1. The summed E-state index contributed by atoms with van der Waals surface area (Å²) in [5, 5.41) is 2.97. The number of rotatable bonds is 10. The second-order valence-electron chi connectivity index (χ2n) is 9.46. The van der Waals surface area contributed by atoms with Crippen LogP contribution in [-0.4, -0.2) is 39.5 Å².